The van der Waals surface area contributed by atoms with Crippen molar-refractivity contribution in [3.05, 3.63) is 89.4 Å². The number of amides is 1. The monoisotopic (exact) mass is 382 g/mol. The standard InChI is InChI=1S/C21H20F2N4O/c22-17-5-1-15(2-6-17)9-11-24-20-13-19(26-14-27-20)21(28)25-12-10-16-3-7-18(23)8-4-16/h1-8,13-14H,9-12H2,(H,25,28)(H,24,26,27). The van der Waals surface area contributed by atoms with E-state index in [0.717, 1.165) is 11.1 Å². The van der Waals surface area contributed by atoms with Crippen molar-refractivity contribution < 1.29 is 13.6 Å². The number of halogens is 2. The molecule has 0 aliphatic heterocycles. The highest BCUT2D eigenvalue weighted by Gasteiger charge is 2.08. The zero-order valence-electron chi connectivity index (χ0n) is 15.2. The minimum atomic E-state index is -0.300. The van der Waals surface area contributed by atoms with E-state index in [4.69, 9.17) is 0 Å². The van der Waals surface area contributed by atoms with Crippen LogP contribution in [0, 0.1) is 11.6 Å². The molecule has 1 aromatic heterocycles. The molecule has 3 aromatic rings. The van der Waals surface area contributed by atoms with Crippen LogP contribution in [0.5, 0.6) is 0 Å². The molecule has 5 nitrogen and oxygen atoms in total. The number of hydrogen-bond donors (Lipinski definition) is 2. The first-order valence-electron chi connectivity index (χ1n) is 8.93. The van der Waals surface area contributed by atoms with E-state index in [9.17, 15) is 13.6 Å². The number of nitrogens with one attached hydrogen (secondary N) is 2. The second-order valence-electron chi connectivity index (χ2n) is 6.22. The summed E-state index contributed by atoms with van der Waals surface area (Å²) in [5.41, 5.74) is 2.20. The highest BCUT2D eigenvalue weighted by atomic mass is 19.1. The van der Waals surface area contributed by atoms with E-state index in [2.05, 4.69) is 20.6 Å². The number of rotatable bonds is 8. The molecule has 1 amide bonds. The summed E-state index contributed by atoms with van der Waals surface area (Å²) in [6.07, 6.45) is 2.62. The lowest BCUT2D eigenvalue weighted by Crippen LogP contribution is -2.26. The minimum absolute atomic E-state index is 0.261. The Balaban J connectivity index is 1.46. The Hall–Kier alpha value is -3.35. The van der Waals surface area contributed by atoms with Gasteiger partial charge in [0.1, 0.15) is 29.5 Å². The number of hydrogen-bond acceptors (Lipinski definition) is 4. The van der Waals surface area contributed by atoms with Gasteiger partial charge in [-0.2, -0.15) is 0 Å². The van der Waals surface area contributed by atoms with E-state index >= 15 is 0 Å². The van der Waals surface area contributed by atoms with Crippen LogP contribution in [0.2, 0.25) is 0 Å². The number of nitrogens with zero attached hydrogens (tertiary/aromatic N) is 2. The van der Waals surface area contributed by atoms with Crippen LogP contribution in [0.25, 0.3) is 0 Å². The highest BCUT2D eigenvalue weighted by molar-refractivity contribution is 5.92. The summed E-state index contributed by atoms with van der Waals surface area (Å²) in [6, 6.07) is 14.1. The Labute approximate surface area is 161 Å². The van der Waals surface area contributed by atoms with Crippen molar-refractivity contribution in [1.82, 2.24) is 15.3 Å². The van der Waals surface area contributed by atoms with E-state index in [1.54, 1.807) is 30.3 Å². The van der Waals surface area contributed by atoms with E-state index < -0.39 is 0 Å². The smallest absolute Gasteiger partial charge is 0.270 e. The van der Waals surface area contributed by atoms with Crippen molar-refractivity contribution >= 4 is 11.7 Å². The lowest BCUT2D eigenvalue weighted by atomic mass is 10.1. The molecule has 28 heavy (non-hydrogen) atoms. The van der Waals surface area contributed by atoms with Crippen LogP contribution in [0.4, 0.5) is 14.6 Å². The van der Waals surface area contributed by atoms with E-state index in [-0.39, 0.29) is 23.2 Å². The predicted molar refractivity (Wildman–Crippen MR) is 103 cm³/mol. The zero-order valence-corrected chi connectivity index (χ0v) is 15.2. The molecule has 2 aromatic carbocycles. The van der Waals surface area contributed by atoms with Gasteiger partial charge in [0.05, 0.1) is 0 Å². The van der Waals surface area contributed by atoms with Crippen LogP contribution in [0.1, 0.15) is 21.6 Å². The summed E-state index contributed by atoms with van der Waals surface area (Å²) in [4.78, 5) is 20.3. The fourth-order valence-corrected chi connectivity index (χ4v) is 2.63. The molecule has 0 fully saturated rings. The van der Waals surface area contributed by atoms with E-state index in [1.807, 2.05) is 0 Å². The predicted octanol–water partition coefficient (Wildman–Crippen LogP) is 3.38. The Kier molecular flexibility index (Phi) is 6.62. The third-order valence-electron chi connectivity index (χ3n) is 4.15. The molecule has 3 rings (SSSR count). The number of aromatic nitrogens is 2. The molecule has 0 bridgehead atoms. The van der Waals surface area contributed by atoms with Gasteiger partial charge in [-0.05, 0) is 48.2 Å². The molecule has 0 saturated carbocycles. The third kappa shape index (κ3) is 5.84. The number of carbonyl (C=O) groups excluding carboxylic acids is 1. The molecule has 0 spiro atoms. The molecule has 0 atom stereocenters. The van der Waals surface area contributed by atoms with Crippen molar-refractivity contribution in [1.29, 1.82) is 0 Å². The lowest BCUT2D eigenvalue weighted by Gasteiger charge is -2.08. The van der Waals surface area contributed by atoms with Crippen molar-refractivity contribution in [2.24, 2.45) is 0 Å². The van der Waals surface area contributed by atoms with Crippen molar-refractivity contribution in [2.75, 3.05) is 18.4 Å². The fourth-order valence-electron chi connectivity index (χ4n) is 2.63. The third-order valence-corrected chi connectivity index (χ3v) is 4.15. The summed E-state index contributed by atoms with van der Waals surface area (Å²) in [7, 11) is 0. The number of carbonyl (C=O) groups is 1. The van der Waals surface area contributed by atoms with Crippen LogP contribution in [0.15, 0.2) is 60.9 Å². The fraction of sp³-hybridized carbons (Fsp3) is 0.190. The molecular formula is C21H20F2N4O. The Morgan fingerprint density at radius 1 is 0.821 bits per heavy atom. The van der Waals surface area contributed by atoms with Gasteiger partial charge in [0.2, 0.25) is 0 Å². The minimum Gasteiger partial charge on any atom is -0.370 e. The van der Waals surface area contributed by atoms with Gasteiger partial charge in [0, 0.05) is 19.2 Å². The number of anilines is 1. The maximum atomic E-state index is 12.9. The summed E-state index contributed by atoms with van der Waals surface area (Å²) < 4.78 is 25.8. The van der Waals surface area contributed by atoms with Crippen molar-refractivity contribution in [3.8, 4) is 0 Å². The summed E-state index contributed by atoms with van der Waals surface area (Å²) >= 11 is 0. The molecule has 2 N–H and O–H groups in total. The SMILES string of the molecule is O=C(NCCc1ccc(F)cc1)c1cc(NCCc2ccc(F)cc2)ncn1. The molecule has 0 aliphatic carbocycles. The van der Waals surface area contributed by atoms with Gasteiger partial charge in [-0.1, -0.05) is 24.3 Å². The van der Waals surface area contributed by atoms with Gasteiger partial charge in [0.15, 0.2) is 0 Å². The largest absolute Gasteiger partial charge is 0.370 e. The van der Waals surface area contributed by atoms with E-state index in [1.165, 1.54) is 30.6 Å². The van der Waals surface area contributed by atoms with Gasteiger partial charge < -0.3 is 10.6 Å². The second-order valence-corrected chi connectivity index (χ2v) is 6.22. The van der Waals surface area contributed by atoms with Crippen LogP contribution in [-0.2, 0) is 12.8 Å². The summed E-state index contributed by atoms with van der Waals surface area (Å²) in [5, 5.41) is 5.92. The van der Waals surface area contributed by atoms with E-state index in [0.29, 0.717) is 31.7 Å². The normalized spacial score (nSPS) is 10.5. The average Bonchev–Trinajstić information content (AvgIpc) is 2.71. The average molecular weight is 382 g/mol. The van der Waals surface area contributed by atoms with Crippen LogP contribution in [0.3, 0.4) is 0 Å². The Morgan fingerprint density at radius 2 is 1.39 bits per heavy atom. The molecule has 0 radical (unpaired) electrons. The first-order valence-corrected chi connectivity index (χ1v) is 8.93. The molecular weight excluding hydrogens is 362 g/mol. The molecule has 0 aliphatic rings. The topological polar surface area (TPSA) is 66.9 Å². The maximum Gasteiger partial charge on any atom is 0.270 e. The molecule has 7 heteroatoms. The Bertz CT molecular complexity index is 914. The first-order chi connectivity index (χ1) is 13.6. The summed E-state index contributed by atoms with van der Waals surface area (Å²) in [6.45, 7) is 1.01. The van der Waals surface area contributed by atoms with Crippen LogP contribution >= 0.6 is 0 Å². The lowest BCUT2D eigenvalue weighted by molar-refractivity contribution is 0.0949. The van der Waals surface area contributed by atoms with Crippen LogP contribution < -0.4 is 10.6 Å². The quantitative estimate of drug-likeness (QED) is 0.627. The summed E-state index contributed by atoms with van der Waals surface area (Å²) in [5.74, 6) is -0.303. The van der Waals surface area contributed by atoms with Crippen molar-refractivity contribution in [3.63, 3.8) is 0 Å². The van der Waals surface area contributed by atoms with Crippen LogP contribution in [-0.4, -0.2) is 29.0 Å². The number of benzene rings is 2. The van der Waals surface area contributed by atoms with Gasteiger partial charge >= 0.3 is 0 Å². The van der Waals surface area contributed by atoms with Gasteiger partial charge in [-0.25, -0.2) is 18.7 Å². The molecule has 1 heterocycles. The first kappa shape index (κ1) is 19.4. The molecule has 0 unspecified atom stereocenters. The van der Waals surface area contributed by atoms with Crippen molar-refractivity contribution in [2.45, 2.75) is 12.8 Å². The van der Waals surface area contributed by atoms with Gasteiger partial charge in [-0.15, -0.1) is 0 Å². The Morgan fingerprint density at radius 3 is 2.00 bits per heavy atom. The molecule has 0 saturated heterocycles. The maximum absolute atomic E-state index is 12.9. The molecule has 144 valence electrons. The van der Waals surface area contributed by atoms with Gasteiger partial charge in [-0.3, -0.25) is 4.79 Å². The van der Waals surface area contributed by atoms with Gasteiger partial charge in [0.25, 0.3) is 5.91 Å². The zero-order chi connectivity index (χ0) is 19.8. The highest BCUT2D eigenvalue weighted by Crippen LogP contribution is 2.07. The second kappa shape index (κ2) is 9.55.